The molecule has 9 heteroatoms. The number of benzene rings is 2. The largest absolute Gasteiger partial charge is 0.507 e. The summed E-state index contributed by atoms with van der Waals surface area (Å²) < 4.78 is 14.2. The Bertz CT molecular complexity index is 980. The van der Waals surface area contributed by atoms with Crippen LogP contribution in [0.5, 0.6) is 5.75 Å². The molecule has 0 radical (unpaired) electrons. The van der Waals surface area contributed by atoms with Crippen LogP contribution in [0.3, 0.4) is 0 Å². The van der Waals surface area contributed by atoms with Crippen molar-refractivity contribution in [2.75, 3.05) is 11.9 Å². The topological polar surface area (TPSA) is 86.7 Å². The zero-order chi connectivity index (χ0) is 19.6. The zero-order valence-electron chi connectivity index (χ0n) is 13.6. The maximum atomic E-state index is 13.6. The molecule has 1 heterocycles. The van der Waals surface area contributed by atoms with E-state index in [0.717, 1.165) is 16.7 Å². The minimum absolute atomic E-state index is 0.0244. The van der Waals surface area contributed by atoms with Crippen LogP contribution in [-0.2, 0) is 9.59 Å². The van der Waals surface area contributed by atoms with Crippen molar-refractivity contribution in [3.05, 3.63) is 62.3 Å². The van der Waals surface area contributed by atoms with E-state index in [1.165, 1.54) is 30.3 Å². The van der Waals surface area contributed by atoms with Crippen molar-refractivity contribution in [3.8, 4) is 5.75 Å². The molecule has 0 unspecified atom stereocenters. The van der Waals surface area contributed by atoms with Crippen molar-refractivity contribution in [3.63, 3.8) is 0 Å². The molecule has 2 N–H and O–H groups in total. The highest BCUT2D eigenvalue weighted by molar-refractivity contribution is 14.1. The van der Waals surface area contributed by atoms with Gasteiger partial charge in [-0.25, -0.2) is 4.39 Å². The Morgan fingerprint density at radius 3 is 2.70 bits per heavy atom. The van der Waals surface area contributed by atoms with Crippen LogP contribution in [0.15, 0.2) is 47.4 Å². The molecule has 0 aromatic heterocycles. The first-order valence-electron chi connectivity index (χ1n) is 7.63. The predicted molar refractivity (Wildman–Crippen MR) is 109 cm³/mol. The van der Waals surface area contributed by atoms with E-state index in [1.54, 1.807) is 18.2 Å². The molecule has 0 spiro atoms. The van der Waals surface area contributed by atoms with Crippen LogP contribution in [-0.4, -0.2) is 33.6 Å². The van der Waals surface area contributed by atoms with Crippen LogP contribution < -0.4 is 5.32 Å². The predicted octanol–water partition coefficient (Wildman–Crippen LogP) is 3.81. The third-order valence-corrected chi connectivity index (χ3v) is 5.36. The zero-order valence-corrected chi connectivity index (χ0v) is 16.6. The summed E-state index contributed by atoms with van der Waals surface area (Å²) in [5, 5.41) is 11.3. The van der Waals surface area contributed by atoms with Gasteiger partial charge < -0.3 is 10.4 Å². The molecule has 0 aliphatic carbocycles. The first-order chi connectivity index (χ1) is 12.8. The van der Waals surface area contributed by atoms with E-state index >= 15 is 0 Å². The number of nitrogens with zero attached hydrogens (tertiary/aromatic N) is 1. The smallest absolute Gasteiger partial charge is 0.294 e. The van der Waals surface area contributed by atoms with Crippen molar-refractivity contribution in [2.45, 2.75) is 0 Å². The lowest BCUT2D eigenvalue weighted by Gasteiger charge is -2.12. The molecule has 3 rings (SSSR count). The summed E-state index contributed by atoms with van der Waals surface area (Å²) in [6.45, 7) is -0.510. The number of hydrogen-bond acceptors (Lipinski definition) is 5. The number of carbonyl (C=O) groups is 3. The Kier molecular flexibility index (Phi) is 5.80. The summed E-state index contributed by atoms with van der Waals surface area (Å²) >= 11 is 2.66. The quantitative estimate of drug-likeness (QED) is 0.495. The first kappa shape index (κ1) is 19.4. The SMILES string of the molecule is O=C(CN1C(=O)S/C(=C\c2ccc(O)c(I)c2)C1=O)Nc1ccccc1F. The second-order valence-corrected chi connectivity index (χ2v) is 7.66. The van der Waals surface area contributed by atoms with Crippen LogP contribution in [0.4, 0.5) is 14.9 Å². The fourth-order valence-electron chi connectivity index (χ4n) is 2.30. The van der Waals surface area contributed by atoms with Gasteiger partial charge in [-0.2, -0.15) is 0 Å². The number of phenols is 1. The van der Waals surface area contributed by atoms with E-state index in [4.69, 9.17) is 0 Å². The Hall–Kier alpha value is -2.40. The Balaban J connectivity index is 1.72. The van der Waals surface area contributed by atoms with Gasteiger partial charge in [0.1, 0.15) is 18.1 Å². The lowest BCUT2D eigenvalue weighted by atomic mass is 10.2. The van der Waals surface area contributed by atoms with Gasteiger partial charge in [0.2, 0.25) is 5.91 Å². The van der Waals surface area contributed by atoms with Crippen molar-refractivity contribution in [1.82, 2.24) is 4.90 Å². The Morgan fingerprint density at radius 1 is 1.26 bits per heavy atom. The minimum atomic E-state index is -0.678. The number of amides is 3. The average Bonchev–Trinajstić information content (AvgIpc) is 2.88. The van der Waals surface area contributed by atoms with Gasteiger partial charge in [0.05, 0.1) is 14.2 Å². The van der Waals surface area contributed by atoms with Crippen molar-refractivity contribution in [2.24, 2.45) is 0 Å². The number of nitrogens with one attached hydrogen (secondary N) is 1. The highest BCUT2D eigenvalue weighted by Crippen LogP contribution is 2.33. The molecule has 1 saturated heterocycles. The average molecular weight is 498 g/mol. The van der Waals surface area contributed by atoms with Crippen molar-refractivity contribution < 1.29 is 23.9 Å². The molecule has 0 bridgehead atoms. The summed E-state index contributed by atoms with van der Waals surface area (Å²) in [7, 11) is 0. The molecule has 0 atom stereocenters. The normalized spacial score (nSPS) is 15.5. The number of para-hydroxylation sites is 1. The van der Waals surface area contributed by atoms with Gasteiger partial charge >= 0.3 is 0 Å². The molecule has 2 aromatic carbocycles. The number of halogens is 2. The summed E-state index contributed by atoms with van der Waals surface area (Å²) in [6.07, 6.45) is 1.52. The lowest BCUT2D eigenvalue weighted by molar-refractivity contribution is -0.127. The molecule has 1 aliphatic rings. The number of thioether (sulfide) groups is 1. The first-order valence-corrected chi connectivity index (χ1v) is 9.53. The minimum Gasteiger partial charge on any atom is -0.507 e. The van der Waals surface area contributed by atoms with E-state index in [2.05, 4.69) is 5.32 Å². The molecule has 27 heavy (non-hydrogen) atoms. The van der Waals surface area contributed by atoms with Crippen molar-refractivity contribution in [1.29, 1.82) is 0 Å². The number of aromatic hydroxyl groups is 1. The fourth-order valence-corrected chi connectivity index (χ4v) is 3.67. The Labute approximate surface area is 171 Å². The highest BCUT2D eigenvalue weighted by atomic mass is 127. The second kappa shape index (κ2) is 8.09. The van der Waals surface area contributed by atoms with E-state index in [9.17, 15) is 23.9 Å². The maximum absolute atomic E-state index is 13.6. The molecule has 6 nitrogen and oxygen atoms in total. The number of phenolic OH excluding ortho intramolecular Hbond substituents is 1. The van der Waals surface area contributed by atoms with Gasteiger partial charge in [-0.1, -0.05) is 18.2 Å². The number of hydrogen-bond donors (Lipinski definition) is 2. The van der Waals surface area contributed by atoms with Crippen LogP contribution in [0, 0.1) is 9.39 Å². The molecule has 0 saturated carbocycles. The van der Waals surface area contributed by atoms with Gasteiger partial charge in [-0.3, -0.25) is 19.3 Å². The van der Waals surface area contributed by atoms with E-state index < -0.39 is 29.4 Å². The highest BCUT2D eigenvalue weighted by Gasteiger charge is 2.36. The molecule has 1 fully saturated rings. The van der Waals surface area contributed by atoms with Crippen LogP contribution in [0.25, 0.3) is 6.08 Å². The monoisotopic (exact) mass is 498 g/mol. The third-order valence-electron chi connectivity index (χ3n) is 3.59. The van der Waals surface area contributed by atoms with Crippen LogP contribution in [0.2, 0.25) is 0 Å². The van der Waals surface area contributed by atoms with E-state index in [1.807, 2.05) is 22.6 Å². The second-order valence-electron chi connectivity index (χ2n) is 5.51. The van der Waals surface area contributed by atoms with E-state index in [-0.39, 0.29) is 16.3 Å². The number of rotatable bonds is 4. The summed E-state index contributed by atoms with van der Waals surface area (Å²) in [5.41, 5.74) is 0.613. The molecule has 2 aromatic rings. The molecular weight excluding hydrogens is 486 g/mol. The fraction of sp³-hybridized carbons (Fsp3) is 0.0556. The van der Waals surface area contributed by atoms with Gasteiger partial charge in [0.25, 0.3) is 11.1 Å². The Morgan fingerprint density at radius 2 is 2.00 bits per heavy atom. The number of imide groups is 1. The molecule has 1 aliphatic heterocycles. The number of anilines is 1. The van der Waals surface area contributed by atoms with E-state index in [0.29, 0.717) is 9.13 Å². The van der Waals surface area contributed by atoms with Crippen LogP contribution in [0.1, 0.15) is 5.56 Å². The maximum Gasteiger partial charge on any atom is 0.294 e. The van der Waals surface area contributed by atoms with Gasteiger partial charge in [-0.05, 0) is 70.3 Å². The van der Waals surface area contributed by atoms with Gasteiger partial charge in [0.15, 0.2) is 0 Å². The summed E-state index contributed by atoms with van der Waals surface area (Å²) in [4.78, 5) is 37.6. The molecule has 138 valence electrons. The van der Waals surface area contributed by atoms with Gasteiger partial charge in [0, 0.05) is 0 Å². The molecule has 3 amide bonds. The standard InChI is InChI=1S/C18H12FIN2O4S/c19-11-3-1-2-4-13(11)21-16(24)9-22-17(25)15(27-18(22)26)8-10-5-6-14(23)12(20)7-10/h1-8,23H,9H2,(H,21,24)/b15-8-. The van der Waals surface area contributed by atoms with Gasteiger partial charge in [-0.15, -0.1) is 0 Å². The number of carbonyl (C=O) groups excluding carboxylic acids is 3. The van der Waals surface area contributed by atoms with Crippen LogP contribution >= 0.6 is 34.4 Å². The summed E-state index contributed by atoms with van der Waals surface area (Å²) in [6, 6.07) is 10.4. The molecular formula is C18H12FIN2O4S. The summed E-state index contributed by atoms with van der Waals surface area (Å²) in [5.74, 6) is -1.77. The third kappa shape index (κ3) is 4.48. The van der Waals surface area contributed by atoms with Crippen molar-refractivity contribution >= 4 is 63.2 Å². The lowest BCUT2D eigenvalue weighted by Crippen LogP contribution is -2.36.